The zero-order chi connectivity index (χ0) is 20.7. The first kappa shape index (κ1) is 18.5. The van der Waals surface area contributed by atoms with E-state index in [0.29, 0.717) is 6.42 Å². The number of carboxylic acids is 1. The number of aromatic nitrogens is 4. The molecule has 0 radical (unpaired) electrons. The quantitative estimate of drug-likeness (QED) is 0.538. The van der Waals surface area contributed by atoms with Crippen molar-refractivity contribution >= 4 is 16.9 Å². The first-order chi connectivity index (χ1) is 14.6. The third kappa shape index (κ3) is 3.24. The molecule has 1 aliphatic heterocycles. The second-order valence-electron chi connectivity index (χ2n) is 7.76. The Labute approximate surface area is 174 Å². The number of aliphatic carboxylic acids is 1. The summed E-state index contributed by atoms with van der Waals surface area (Å²) >= 11 is 0. The minimum Gasteiger partial charge on any atom is -0.481 e. The fourth-order valence-electron chi connectivity index (χ4n) is 4.29. The van der Waals surface area contributed by atoms with Gasteiger partial charge in [0, 0.05) is 41.5 Å². The number of pyridine rings is 2. The van der Waals surface area contributed by atoms with Crippen LogP contribution in [0.15, 0.2) is 48.7 Å². The number of rotatable bonds is 5. The molecule has 4 aromatic rings. The Morgan fingerprint density at radius 2 is 2.10 bits per heavy atom. The summed E-state index contributed by atoms with van der Waals surface area (Å²) in [5.41, 5.74) is 8.06. The monoisotopic (exact) mass is 398 g/mol. The molecular weight excluding hydrogens is 376 g/mol. The van der Waals surface area contributed by atoms with E-state index in [9.17, 15) is 4.79 Å². The van der Waals surface area contributed by atoms with Crippen LogP contribution in [0.3, 0.4) is 0 Å². The predicted octanol–water partition coefficient (Wildman–Crippen LogP) is 4.43. The SMILES string of the molecule is Cc1cccc(-c2nn3c(c2-c2ccnc4ccc(CCC(=O)O)cc24)CCC3)n1. The summed E-state index contributed by atoms with van der Waals surface area (Å²) in [4.78, 5) is 20.3. The van der Waals surface area contributed by atoms with Gasteiger partial charge in [-0.3, -0.25) is 19.4 Å². The van der Waals surface area contributed by atoms with Crippen molar-refractivity contribution in [3.05, 3.63) is 65.6 Å². The van der Waals surface area contributed by atoms with Crippen molar-refractivity contribution in [1.82, 2.24) is 19.7 Å². The average Bonchev–Trinajstić information content (AvgIpc) is 3.33. The Morgan fingerprint density at radius 1 is 1.20 bits per heavy atom. The van der Waals surface area contributed by atoms with Crippen molar-refractivity contribution in [2.75, 3.05) is 0 Å². The standard InChI is InChI=1S/C24H22N4O2/c1-15-4-2-5-20(26-15)24-23(21-6-3-13-28(21)27-24)17-11-12-25-19-9-7-16(14-18(17)19)8-10-22(29)30/h2,4-5,7,9,11-12,14H,3,6,8,10,13H2,1H3,(H,29,30). The highest BCUT2D eigenvalue weighted by atomic mass is 16.4. The van der Waals surface area contributed by atoms with Gasteiger partial charge in [0.25, 0.3) is 0 Å². The number of hydrogen-bond donors (Lipinski definition) is 1. The summed E-state index contributed by atoms with van der Waals surface area (Å²) in [5, 5.41) is 15.0. The van der Waals surface area contributed by atoms with E-state index in [1.807, 2.05) is 49.5 Å². The molecule has 0 saturated carbocycles. The van der Waals surface area contributed by atoms with Gasteiger partial charge in [0.15, 0.2) is 0 Å². The maximum atomic E-state index is 11.0. The predicted molar refractivity (Wildman–Crippen MR) is 115 cm³/mol. The lowest BCUT2D eigenvalue weighted by atomic mass is 9.95. The molecule has 0 spiro atoms. The summed E-state index contributed by atoms with van der Waals surface area (Å²) in [7, 11) is 0. The van der Waals surface area contributed by atoms with E-state index in [-0.39, 0.29) is 6.42 Å². The van der Waals surface area contributed by atoms with Crippen LogP contribution in [0, 0.1) is 6.92 Å². The van der Waals surface area contributed by atoms with Crippen molar-refractivity contribution in [3.63, 3.8) is 0 Å². The van der Waals surface area contributed by atoms with E-state index in [2.05, 4.69) is 15.7 Å². The summed E-state index contributed by atoms with van der Waals surface area (Å²) in [6, 6.07) is 14.1. The fraction of sp³-hybridized carbons (Fsp3) is 0.250. The number of carboxylic acid groups (broad SMARTS) is 1. The molecule has 6 nitrogen and oxygen atoms in total. The number of aryl methyl sites for hydroxylation is 3. The van der Waals surface area contributed by atoms with Crippen LogP contribution in [0.25, 0.3) is 33.4 Å². The van der Waals surface area contributed by atoms with Crippen LogP contribution in [-0.4, -0.2) is 30.8 Å². The molecule has 0 atom stereocenters. The molecule has 0 fully saturated rings. The van der Waals surface area contributed by atoms with Gasteiger partial charge < -0.3 is 5.11 Å². The normalized spacial score (nSPS) is 13.0. The molecule has 1 aromatic carbocycles. The lowest BCUT2D eigenvalue weighted by molar-refractivity contribution is -0.136. The highest BCUT2D eigenvalue weighted by Gasteiger charge is 2.25. The minimum atomic E-state index is -0.788. The Kier molecular flexibility index (Phi) is 4.54. The number of nitrogens with zero attached hydrogens (tertiary/aromatic N) is 4. The molecule has 6 heteroatoms. The number of hydrogen-bond acceptors (Lipinski definition) is 4. The van der Waals surface area contributed by atoms with Gasteiger partial charge in [-0.25, -0.2) is 0 Å². The van der Waals surface area contributed by atoms with Gasteiger partial charge >= 0.3 is 5.97 Å². The van der Waals surface area contributed by atoms with Crippen molar-refractivity contribution in [2.24, 2.45) is 0 Å². The maximum absolute atomic E-state index is 11.0. The van der Waals surface area contributed by atoms with Crippen molar-refractivity contribution in [3.8, 4) is 22.5 Å². The first-order valence-electron chi connectivity index (χ1n) is 10.2. The van der Waals surface area contributed by atoms with Crippen LogP contribution >= 0.6 is 0 Å². The van der Waals surface area contributed by atoms with Crippen LogP contribution < -0.4 is 0 Å². The molecule has 150 valence electrons. The van der Waals surface area contributed by atoms with E-state index in [1.165, 1.54) is 5.69 Å². The van der Waals surface area contributed by atoms with Crippen molar-refractivity contribution in [2.45, 2.75) is 39.2 Å². The van der Waals surface area contributed by atoms with Crippen LogP contribution in [0.5, 0.6) is 0 Å². The third-order valence-corrected chi connectivity index (χ3v) is 5.67. The van der Waals surface area contributed by atoms with Gasteiger partial charge in [0.05, 0.1) is 11.2 Å². The van der Waals surface area contributed by atoms with E-state index >= 15 is 0 Å². The van der Waals surface area contributed by atoms with Gasteiger partial charge in [-0.05, 0) is 67.6 Å². The van der Waals surface area contributed by atoms with Crippen molar-refractivity contribution in [1.29, 1.82) is 0 Å². The summed E-state index contributed by atoms with van der Waals surface area (Å²) in [6.45, 7) is 2.91. The number of benzene rings is 1. The Balaban J connectivity index is 1.72. The van der Waals surface area contributed by atoms with Crippen LogP contribution in [0.1, 0.15) is 29.8 Å². The molecule has 0 aliphatic carbocycles. The molecule has 30 heavy (non-hydrogen) atoms. The second-order valence-corrected chi connectivity index (χ2v) is 7.76. The van der Waals surface area contributed by atoms with Crippen LogP contribution in [0.4, 0.5) is 0 Å². The first-order valence-corrected chi connectivity index (χ1v) is 10.2. The largest absolute Gasteiger partial charge is 0.481 e. The molecular formula is C24H22N4O2. The van der Waals surface area contributed by atoms with E-state index in [4.69, 9.17) is 15.2 Å². The van der Waals surface area contributed by atoms with Gasteiger partial charge in [-0.15, -0.1) is 0 Å². The van der Waals surface area contributed by atoms with Crippen molar-refractivity contribution < 1.29 is 9.90 Å². The number of fused-ring (bicyclic) bond motifs is 2. The minimum absolute atomic E-state index is 0.114. The molecule has 1 aliphatic rings. The highest BCUT2D eigenvalue weighted by Crippen LogP contribution is 2.39. The molecule has 1 N–H and O–H groups in total. The van der Waals surface area contributed by atoms with Gasteiger partial charge in [-0.1, -0.05) is 12.1 Å². The topological polar surface area (TPSA) is 80.9 Å². The van der Waals surface area contributed by atoms with Crippen LogP contribution in [0.2, 0.25) is 0 Å². The fourth-order valence-corrected chi connectivity index (χ4v) is 4.29. The lowest BCUT2D eigenvalue weighted by Gasteiger charge is -2.10. The average molecular weight is 398 g/mol. The molecule has 0 bridgehead atoms. The molecule has 3 aromatic heterocycles. The van der Waals surface area contributed by atoms with Crippen LogP contribution in [-0.2, 0) is 24.2 Å². The molecule has 0 amide bonds. The molecule has 0 saturated heterocycles. The Bertz CT molecular complexity index is 1280. The van der Waals surface area contributed by atoms with E-state index in [1.54, 1.807) is 0 Å². The zero-order valence-electron chi connectivity index (χ0n) is 16.8. The van der Waals surface area contributed by atoms with Gasteiger partial charge in [0.1, 0.15) is 5.69 Å². The third-order valence-electron chi connectivity index (χ3n) is 5.67. The molecule has 4 heterocycles. The van der Waals surface area contributed by atoms with Gasteiger partial charge in [0.2, 0.25) is 0 Å². The smallest absolute Gasteiger partial charge is 0.303 e. The Morgan fingerprint density at radius 3 is 2.93 bits per heavy atom. The zero-order valence-corrected chi connectivity index (χ0v) is 16.8. The maximum Gasteiger partial charge on any atom is 0.303 e. The summed E-state index contributed by atoms with van der Waals surface area (Å²) in [6.07, 6.45) is 4.52. The summed E-state index contributed by atoms with van der Waals surface area (Å²) in [5.74, 6) is -0.788. The summed E-state index contributed by atoms with van der Waals surface area (Å²) < 4.78 is 2.11. The van der Waals surface area contributed by atoms with E-state index < -0.39 is 5.97 Å². The van der Waals surface area contributed by atoms with E-state index in [0.717, 1.165) is 64.1 Å². The number of carbonyl (C=O) groups is 1. The molecule has 0 unspecified atom stereocenters. The lowest BCUT2D eigenvalue weighted by Crippen LogP contribution is -1.98. The highest BCUT2D eigenvalue weighted by molar-refractivity contribution is 5.99. The second kappa shape index (κ2) is 7.37. The Hall–Kier alpha value is -3.54. The molecule has 5 rings (SSSR count). The van der Waals surface area contributed by atoms with Gasteiger partial charge in [-0.2, -0.15) is 5.10 Å².